The normalized spacial score (nSPS) is 37.9. The lowest BCUT2D eigenvalue weighted by Crippen LogP contribution is -2.59. The van der Waals surface area contributed by atoms with Gasteiger partial charge in [0.15, 0.2) is 0 Å². The fourth-order valence-electron chi connectivity index (χ4n) is 2.87. The van der Waals surface area contributed by atoms with Crippen LogP contribution in [-0.4, -0.2) is 71.9 Å². The van der Waals surface area contributed by atoms with E-state index in [2.05, 4.69) is 11.9 Å². The Labute approximate surface area is 89.3 Å². The lowest BCUT2D eigenvalue weighted by atomic mass is 9.82. The number of piperidine rings is 2. The first-order chi connectivity index (χ1) is 7.06. The number of hydrogen-bond donors (Lipinski definition) is 2. The Morgan fingerprint density at radius 2 is 1.80 bits per heavy atom. The highest BCUT2D eigenvalue weighted by Crippen LogP contribution is 2.28. The molecule has 2 N–H and O–H groups in total. The van der Waals surface area contributed by atoms with Crippen LogP contribution >= 0.6 is 0 Å². The lowest BCUT2D eigenvalue weighted by molar-refractivity contribution is -0.141. The molecule has 2 aliphatic heterocycles. The second kappa shape index (κ2) is 4.08. The number of carboxylic acids is 1. The Morgan fingerprint density at radius 1 is 1.27 bits per heavy atom. The Morgan fingerprint density at radius 3 is 2.27 bits per heavy atom. The standard InChI is InChI=1S/C10H18N2O3/c1-11-2-7-4-12(6-9(13)14)5-8(3-11)10(7)15/h7-8,10,15H,2-6H2,1H3,(H,13,14). The summed E-state index contributed by atoms with van der Waals surface area (Å²) >= 11 is 0. The molecule has 0 aliphatic carbocycles. The topological polar surface area (TPSA) is 64.0 Å². The van der Waals surface area contributed by atoms with Crippen molar-refractivity contribution < 1.29 is 15.0 Å². The van der Waals surface area contributed by atoms with E-state index in [-0.39, 0.29) is 24.5 Å². The molecular formula is C10H18N2O3. The van der Waals surface area contributed by atoms with Gasteiger partial charge in [-0.3, -0.25) is 9.69 Å². The molecular weight excluding hydrogens is 196 g/mol. The maximum atomic E-state index is 10.6. The summed E-state index contributed by atoms with van der Waals surface area (Å²) in [6.07, 6.45) is -0.244. The molecule has 2 aliphatic rings. The van der Waals surface area contributed by atoms with Gasteiger partial charge in [-0.05, 0) is 7.05 Å². The average molecular weight is 214 g/mol. The maximum Gasteiger partial charge on any atom is 0.317 e. The van der Waals surface area contributed by atoms with Crippen LogP contribution < -0.4 is 0 Å². The van der Waals surface area contributed by atoms with Crippen LogP contribution in [0.5, 0.6) is 0 Å². The molecule has 5 nitrogen and oxygen atoms in total. The second-order valence-electron chi connectivity index (χ2n) is 4.82. The van der Waals surface area contributed by atoms with Crippen molar-refractivity contribution >= 4 is 5.97 Å². The summed E-state index contributed by atoms with van der Waals surface area (Å²) in [5, 5.41) is 18.7. The number of nitrogens with zero attached hydrogens (tertiary/aromatic N) is 2. The van der Waals surface area contributed by atoms with Crippen LogP contribution in [0, 0.1) is 11.8 Å². The molecule has 0 aromatic heterocycles. The van der Waals surface area contributed by atoms with Gasteiger partial charge in [0.05, 0.1) is 12.6 Å². The van der Waals surface area contributed by atoms with E-state index in [1.54, 1.807) is 0 Å². The van der Waals surface area contributed by atoms with E-state index < -0.39 is 5.97 Å². The third-order valence-electron chi connectivity index (χ3n) is 3.40. The Bertz CT molecular complexity index is 243. The maximum absolute atomic E-state index is 10.6. The molecule has 0 radical (unpaired) electrons. The zero-order valence-corrected chi connectivity index (χ0v) is 8.96. The van der Waals surface area contributed by atoms with Gasteiger partial charge in [-0.2, -0.15) is 0 Å². The van der Waals surface area contributed by atoms with Crippen LogP contribution in [0.15, 0.2) is 0 Å². The predicted octanol–water partition coefficient (Wildman–Crippen LogP) is -1.07. The first-order valence-corrected chi connectivity index (χ1v) is 5.37. The SMILES string of the molecule is CN1CC2CN(CC(=O)O)CC(C1)C2O. The number of aliphatic hydroxyl groups is 1. The van der Waals surface area contributed by atoms with E-state index in [1.165, 1.54) is 0 Å². The summed E-state index contributed by atoms with van der Waals surface area (Å²) in [7, 11) is 2.05. The Balaban J connectivity index is 1.99. The van der Waals surface area contributed by atoms with E-state index in [9.17, 15) is 9.90 Å². The van der Waals surface area contributed by atoms with Crippen LogP contribution in [0.1, 0.15) is 0 Å². The molecule has 2 bridgehead atoms. The summed E-state index contributed by atoms with van der Waals surface area (Å²) in [4.78, 5) is 14.8. The molecule has 2 atom stereocenters. The summed E-state index contributed by atoms with van der Waals surface area (Å²) in [5.74, 6) is -0.360. The lowest BCUT2D eigenvalue weighted by Gasteiger charge is -2.47. The van der Waals surface area contributed by atoms with Crippen molar-refractivity contribution in [2.45, 2.75) is 6.10 Å². The Kier molecular flexibility index (Phi) is 2.95. The summed E-state index contributed by atoms with van der Waals surface area (Å²) in [6, 6.07) is 0. The van der Waals surface area contributed by atoms with E-state index in [0.29, 0.717) is 13.1 Å². The highest BCUT2D eigenvalue weighted by atomic mass is 16.4. The zero-order chi connectivity index (χ0) is 11.0. The van der Waals surface area contributed by atoms with Crippen molar-refractivity contribution in [2.24, 2.45) is 11.8 Å². The molecule has 86 valence electrons. The monoisotopic (exact) mass is 214 g/mol. The molecule has 2 heterocycles. The van der Waals surface area contributed by atoms with Crippen molar-refractivity contribution in [1.29, 1.82) is 0 Å². The molecule has 2 saturated heterocycles. The van der Waals surface area contributed by atoms with Gasteiger partial charge in [-0.1, -0.05) is 0 Å². The number of carbonyl (C=O) groups is 1. The third-order valence-corrected chi connectivity index (χ3v) is 3.40. The van der Waals surface area contributed by atoms with Gasteiger partial charge in [-0.25, -0.2) is 0 Å². The van der Waals surface area contributed by atoms with Gasteiger partial charge < -0.3 is 15.1 Å². The molecule has 0 aromatic rings. The van der Waals surface area contributed by atoms with Crippen molar-refractivity contribution in [1.82, 2.24) is 9.80 Å². The van der Waals surface area contributed by atoms with Crippen LogP contribution in [0.3, 0.4) is 0 Å². The number of aliphatic carboxylic acids is 1. The minimum absolute atomic E-state index is 0.101. The fourth-order valence-corrected chi connectivity index (χ4v) is 2.87. The predicted molar refractivity (Wildman–Crippen MR) is 54.6 cm³/mol. The highest BCUT2D eigenvalue weighted by Gasteiger charge is 2.40. The fraction of sp³-hybridized carbons (Fsp3) is 0.900. The number of aliphatic hydroxyl groups excluding tert-OH is 1. The molecule has 0 aromatic carbocycles. The number of fused-ring (bicyclic) bond motifs is 2. The smallest absolute Gasteiger partial charge is 0.317 e. The summed E-state index contributed by atoms with van der Waals surface area (Å²) in [6.45, 7) is 3.24. The van der Waals surface area contributed by atoms with E-state index >= 15 is 0 Å². The number of hydrogen-bond acceptors (Lipinski definition) is 4. The number of rotatable bonds is 2. The van der Waals surface area contributed by atoms with E-state index in [0.717, 1.165) is 13.1 Å². The molecule has 2 fully saturated rings. The van der Waals surface area contributed by atoms with Gasteiger partial charge in [-0.15, -0.1) is 0 Å². The van der Waals surface area contributed by atoms with Crippen LogP contribution in [-0.2, 0) is 4.79 Å². The van der Waals surface area contributed by atoms with Crippen molar-refractivity contribution in [3.05, 3.63) is 0 Å². The van der Waals surface area contributed by atoms with Gasteiger partial charge in [0, 0.05) is 38.0 Å². The second-order valence-corrected chi connectivity index (χ2v) is 4.82. The molecule has 0 saturated carbocycles. The van der Waals surface area contributed by atoms with Crippen molar-refractivity contribution in [3.8, 4) is 0 Å². The van der Waals surface area contributed by atoms with Gasteiger partial charge in [0.2, 0.25) is 0 Å². The number of carboxylic acid groups (broad SMARTS) is 1. The molecule has 0 amide bonds. The van der Waals surface area contributed by atoms with E-state index in [4.69, 9.17) is 5.11 Å². The van der Waals surface area contributed by atoms with Crippen LogP contribution in [0.2, 0.25) is 0 Å². The van der Waals surface area contributed by atoms with Crippen molar-refractivity contribution in [2.75, 3.05) is 39.8 Å². The summed E-state index contributed by atoms with van der Waals surface area (Å²) in [5.41, 5.74) is 0. The van der Waals surface area contributed by atoms with Gasteiger partial charge in [0.25, 0.3) is 0 Å². The highest BCUT2D eigenvalue weighted by molar-refractivity contribution is 5.69. The van der Waals surface area contributed by atoms with E-state index in [1.807, 2.05) is 4.90 Å². The first kappa shape index (κ1) is 10.9. The van der Waals surface area contributed by atoms with Gasteiger partial charge in [0.1, 0.15) is 0 Å². The van der Waals surface area contributed by atoms with Gasteiger partial charge >= 0.3 is 5.97 Å². The third kappa shape index (κ3) is 2.30. The van der Waals surface area contributed by atoms with Crippen LogP contribution in [0.4, 0.5) is 0 Å². The average Bonchev–Trinajstić information content (AvgIpc) is 2.08. The first-order valence-electron chi connectivity index (χ1n) is 5.37. The number of likely N-dealkylation sites (tertiary alicyclic amines) is 2. The molecule has 5 heteroatoms. The molecule has 2 rings (SSSR count). The van der Waals surface area contributed by atoms with Crippen LogP contribution in [0.25, 0.3) is 0 Å². The zero-order valence-electron chi connectivity index (χ0n) is 8.96. The molecule has 15 heavy (non-hydrogen) atoms. The largest absolute Gasteiger partial charge is 0.480 e. The summed E-state index contributed by atoms with van der Waals surface area (Å²) < 4.78 is 0. The Hall–Kier alpha value is -0.650. The molecule has 0 spiro atoms. The molecule has 2 unspecified atom stereocenters. The minimum Gasteiger partial charge on any atom is -0.480 e. The quantitative estimate of drug-likeness (QED) is 0.612. The minimum atomic E-state index is -0.780. The van der Waals surface area contributed by atoms with Crippen molar-refractivity contribution in [3.63, 3.8) is 0 Å².